The molecule has 88 valence electrons. The molecule has 2 aromatic carbocycles. The van der Waals surface area contributed by atoms with Crippen LogP contribution in [0.1, 0.15) is 10.6 Å². The number of benzene rings is 2. The second-order valence-electron chi connectivity index (χ2n) is 3.96. The van der Waals surface area contributed by atoms with Crippen LogP contribution in [-0.4, -0.2) is 6.29 Å². The fourth-order valence-electron chi connectivity index (χ4n) is 2.04. The molecule has 0 aliphatic carbocycles. The first-order valence-electron chi connectivity index (χ1n) is 5.52. The third-order valence-corrected chi connectivity index (χ3v) is 2.88. The third kappa shape index (κ3) is 1.61. The van der Waals surface area contributed by atoms with Crippen LogP contribution in [-0.2, 0) is 0 Å². The summed E-state index contributed by atoms with van der Waals surface area (Å²) in [7, 11) is 0. The summed E-state index contributed by atoms with van der Waals surface area (Å²) in [4.78, 5) is 10.6. The summed E-state index contributed by atoms with van der Waals surface area (Å²) in [6.07, 6.45) is 0.648. The lowest BCUT2D eigenvalue weighted by molar-refractivity contribution is 0.110. The van der Waals surface area contributed by atoms with E-state index in [1.54, 1.807) is 30.3 Å². The maximum atomic E-state index is 13.7. The Balaban J connectivity index is 2.29. The molecule has 0 radical (unpaired) electrons. The molecule has 0 saturated heterocycles. The zero-order chi connectivity index (χ0) is 12.5. The van der Waals surface area contributed by atoms with Crippen LogP contribution in [0.3, 0.4) is 0 Å². The molecule has 0 atom stereocenters. The summed E-state index contributed by atoms with van der Waals surface area (Å²) in [5.74, 6) is 0.559. The molecule has 0 N–H and O–H groups in total. The highest BCUT2D eigenvalue weighted by Gasteiger charge is 2.10. The number of carbonyl (C=O) groups is 1. The van der Waals surface area contributed by atoms with Gasteiger partial charge in [0.05, 0.1) is 0 Å². The van der Waals surface area contributed by atoms with E-state index in [0.717, 1.165) is 10.9 Å². The molecule has 1 heterocycles. The van der Waals surface area contributed by atoms with E-state index in [0.29, 0.717) is 17.4 Å². The Morgan fingerprint density at radius 1 is 0.944 bits per heavy atom. The first-order valence-corrected chi connectivity index (χ1v) is 5.52. The molecule has 3 aromatic rings. The van der Waals surface area contributed by atoms with Crippen molar-refractivity contribution in [2.24, 2.45) is 0 Å². The van der Waals surface area contributed by atoms with Gasteiger partial charge >= 0.3 is 0 Å². The minimum absolute atomic E-state index is 0.262. The predicted molar refractivity (Wildman–Crippen MR) is 67.0 cm³/mol. The summed E-state index contributed by atoms with van der Waals surface area (Å²) in [5, 5.41) is 1.31. The topological polar surface area (TPSA) is 30.2 Å². The lowest BCUT2D eigenvalue weighted by Crippen LogP contribution is -1.83. The number of carbonyl (C=O) groups excluding carboxylic acids is 1. The van der Waals surface area contributed by atoms with Crippen LogP contribution >= 0.6 is 0 Å². The van der Waals surface area contributed by atoms with Gasteiger partial charge in [-0.05, 0) is 29.7 Å². The van der Waals surface area contributed by atoms with Crippen molar-refractivity contribution in [3.05, 3.63) is 60.1 Å². The number of halogens is 1. The first-order chi connectivity index (χ1) is 8.79. The number of rotatable bonds is 2. The maximum Gasteiger partial charge on any atom is 0.185 e. The van der Waals surface area contributed by atoms with Gasteiger partial charge in [0.15, 0.2) is 12.0 Å². The van der Waals surface area contributed by atoms with Gasteiger partial charge in [-0.25, -0.2) is 4.39 Å². The summed E-state index contributed by atoms with van der Waals surface area (Å²) >= 11 is 0. The van der Waals surface area contributed by atoms with Crippen LogP contribution in [0.4, 0.5) is 4.39 Å². The molecule has 3 rings (SSSR count). The molecular weight excluding hydrogens is 231 g/mol. The Morgan fingerprint density at radius 3 is 2.44 bits per heavy atom. The van der Waals surface area contributed by atoms with Crippen molar-refractivity contribution in [2.75, 3.05) is 0 Å². The van der Waals surface area contributed by atoms with Crippen LogP contribution in [0.5, 0.6) is 0 Å². The monoisotopic (exact) mass is 240 g/mol. The van der Waals surface area contributed by atoms with Crippen LogP contribution in [0.15, 0.2) is 52.9 Å². The third-order valence-electron chi connectivity index (χ3n) is 2.88. The van der Waals surface area contributed by atoms with Gasteiger partial charge in [0.25, 0.3) is 0 Å². The first kappa shape index (κ1) is 10.7. The molecule has 0 amide bonds. The number of fused-ring (bicyclic) bond motifs is 1. The highest BCUT2D eigenvalue weighted by atomic mass is 19.1. The molecule has 18 heavy (non-hydrogen) atoms. The van der Waals surface area contributed by atoms with Gasteiger partial charge in [-0.15, -0.1) is 0 Å². The van der Waals surface area contributed by atoms with Crippen LogP contribution in [0, 0.1) is 5.82 Å². The minimum Gasteiger partial charge on any atom is -0.453 e. The normalized spacial score (nSPS) is 10.7. The van der Waals surface area contributed by atoms with E-state index in [1.807, 2.05) is 12.1 Å². The molecule has 0 spiro atoms. The Morgan fingerprint density at radius 2 is 1.72 bits per heavy atom. The quantitative estimate of drug-likeness (QED) is 0.632. The molecular formula is C15H9FO2. The summed E-state index contributed by atoms with van der Waals surface area (Å²) in [6.45, 7) is 0. The van der Waals surface area contributed by atoms with E-state index in [1.165, 1.54) is 6.07 Å². The van der Waals surface area contributed by atoms with Gasteiger partial charge in [0.1, 0.15) is 11.6 Å². The minimum atomic E-state index is -0.267. The lowest BCUT2D eigenvalue weighted by atomic mass is 10.0. The molecule has 2 nitrogen and oxygen atoms in total. The Kier molecular flexibility index (Phi) is 2.45. The van der Waals surface area contributed by atoms with Crippen LogP contribution in [0.2, 0.25) is 0 Å². The van der Waals surface area contributed by atoms with Crippen molar-refractivity contribution in [3.63, 3.8) is 0 Å². The molecule has 0 saturated carbocycles. The summed E-state index contributed by atoms with van der Waals surface area (Å²) < 4.78 is 19.0. The van der Waals surface area contributed by atoms with E-state index >= 15 is 0 Å². The Hall–Kier alpha value is -2.42. The fourth-order valence-corrected chi connectivity index (χ4v) is 2.04. The fraction of sp³-hybridized carbons (Fsp3) is 0. The standard InChI is InChI=1S/C15H9FO2/c16-14-7-6-13(11-3-1-2-4-12(11)14)15-8-5-10(9-17)18-15/h1-9H. The average Bonchev–Trinajstić information content (AvgIpc) is 2.88. The maximum absolute atomic E-state index is 13.7. The second-order valence-corrected chi connectivity index (χ2v) is 3.96. The van der Waals surface area contributed by atoms with Crippen LogP contribution < -0.4 is 0 Å². The molecule has 0 aliphatic rings. The Labute approximate surface area is 103 Å². The van der Waals surface area contributed by atoms with E-state index < -0.39 is 0 Å². The predicted octanol–water partition coefficient (Wildman–Crippen LogP) is 4.05. The molecule has 0 fully saturated rings. The Bertz CT molecular complexity index is 728. The van der Waals surface area contributed by atoms with Gasteiger partial charge in [-0.2, -0.15) is 0 Å². The zero-order valence-corrected chi connectivity index (χ0v) is 9.39. The van der Waals surface area contributed by atoms with E-state index in [4.69, 9.17) is 4.42 Å². The van der Waals surface area contributed by atoms with Crippen molar-refractivity contribution < 1.29 is 13.6 Å². The second kappa shape index (κ2) is 4.11. The molecule has 0 aliphatic heterocycles. The largest absolute Gasteiger partial charge is 0.453 e. The smallest absolute Gasteiger partial charge is 0.185 e. The van der Waals surface area contributed by atoms with Crippen molar-refractivity contribution in [2.45, 2.75) is 0 Å². The number of furan rings is 1. The SMILES string of the molecule is O=Cc1ccc(-c2ccc(F)c3ccccc23)o1. The van der Waals surface area contributed by atoms with Crippen molar-refractivity contribution in [1.82, 2.24) is 0 Å². The highest BCUT2D eigenvalue weighted by Crippen LogP contribution is 2.31. The summed E-state index contributed by atoms with van der Waals surface area (Å²) in [5.41, 5.74) is 0.778. The molecule has 3 heteroatoms. The van der Waals surface area contributed by atoms with Gasteiger partial charge in [0.2, 0.25) is 0 Å². The molecule has 1 aromatic heterocycles. The number of hydrogen-bond donors (Lipinski definition) is 0. The van der Waals surface area contributed by atoms with Crippen LogP contribution in [0.25, 0.3) is 22.1 Å². The van der Waals surface area contributed by atoms with Crippen molar-refractivity contribution in [1.29, 1.82) is 0 Å². The van der Waals surface area contributed by atoms with Crippen molar-refractivity contribution in [3.8, 4) is 11.3 Å². The van der Waals surface area contributed by atoms with Gasteiger partial charge in [0, 0.05) is 10.9 Å². The average molecular weight is 240 g/mol. The van der Waals surface area contributed by atoms with E-state index in [2.05, 4.69) is 0 Å². The molecule has 0 unspecified atom stereocenters. The summed E-state index contributed by atoms with van der Waals surface area (Å²) in [6, 6.07) is 13.5. The molecule has 0 bridgehead atoms. The number of hydrogen-bond acceptors (Lipinski definition) is 2. The highest BCUT2D eigenvalue weighted by molar-refractivity contribution is 5.96. The van der Waals surface area contributed by atoms with E-state index in [-0.39, 0.29) is 11.6 Å². The van der Waals surface area contributed by atoms with Gasteiger partial charge < -0.3 is 4.42 Å². The lowest BCUT2D eigenvalue weighted by Gasteiger charge is -2.04. The zero-order valence-electron chi connectivity index (χ0n) is 9.39. The number of aldehydes is 1. The van der Waals surface area contributed by atoms with Gasteiger partial charge in [-0.1, -0.05) is 24.3 Å². The van der Waals surface area contributed by atoms with E-state index in [9.17, 15) is 9.18 Å². The van der Waals surface area contributed by atoms with Crippen molar-refractivity contribution >= 4 is 17.1 Å². The van der Waals surface area contributed by atoms with Gasteiger partial charge in [-0.3, -0.25) is 4.79 Å².